The van der Waals surface area contributed by atoms with Gasteiger partial charge in [0.1, 0.15) is 0 Å². The zero-order valence-electron chi connectivity index (χ0n) is 11.7. The topological polar surface area (TPSA) is 74.7 Å². The number of hydrogen-bond acceptors (Lipinski definition) is 3. The number of sulfonamides is 1. The predicted octanol–water partition coefficient (Wildman–Crippen LogP) is 2.09. The summed E-state index contributed by atoms with van der Waals surface area (Å²) in [6.07, 6.45) is 1.71. The van der Waals surface area contributed by atoms with Crippen LogP contribution in [0.1, 0.15) is 42.6 Å². The molecule has 0 aromatic heterocycles. The zero-order chi connectivity index (χ0) is 15.0. The van der Waals surface area contributed by atoms with E-state index in [2.05, 4.69) is 0 Å². The molecule has 5 nitrogen and oxygen atoms in total. The molecule has 110 valence electrons. The number of hydrogen-bond donors (Lipinski definition) is 1. The molecule has 0 amide bonds. The van der Waals surface area contributed by atoms with Gasteiger partial charge in [-0.15, -0.1) is 0 Å². The quantitative estimate of drug-likeness (QED) is 0.923. The number of carboxylic acid groups (broad SMARTS) is 1. The van der Waals surface area contributed by atoms with Crippen molar-refractivity contribution in [3.8, 4) is 0 Å². The highest BCUT2D eigenvalue weighted by Gasteiger charge is 2.39. The van der Waals surface area contributed by atoms with Crippen molar-refractivity contribution >= 4 is 16.0 Å². The number of benzene rings is 1. The summed E-state index contributed by atoms with van der Waals surface area (Å²) in [5.41, 5.74) is 0.259. The van der Waals surface area contributed by atoms with Crippen molar-refractivity contribution in [2.75, 3.05) is 6.54 Å². The third-order valence-electron chi connectivity index (χ3n) is 3.68. The second-order valence-corrected chi connectivity index (χ2v) is 7.64. The van der Waals surface area contributed by atoms with E-state index in [1.807, 2.05) is 13.8 Å². The summed E-state index contributed by atoms with van der Waals surface area (Å²) in [4.78, 5) is 10.9. The Bertz CT molecular complexity index is 622. The van der Waals surface area contributed by atoms with Crippen LogP contribution in [0.5, 0.6) is 0 Å². The first-order valence-electron chi connectivity index (χ1n) is 6.55. The van der Waals surface area contributed by atoms with E-state index in [1.165, 1.54) is 16.4 Å². The Morgan fingerprint density at radius 3 is 2.65 bits per heavy atom. The summed E-state index contributed by atoms with van der Waals surface area (Å²) in [5, 5.41) is 8.94. The van der Waals surface area contributed by atoms with E-state index < -0.39 is 16.0 Å². The molecule has 1 fully saturated rings. The van der Waals surface area contributed by atoms with Gasteiger partial charge < -0.3 is 5.11 Å². The number of carbonyl (C=O) groups is 1. The molecular weight excluding hydrogens is 278 g/mol. The molecule has 0 atom stereocenters. The number of rotatable bonds is 4. The summed E-state index contributed by atoms with van der Waals surface area (Å²) in [6.45, 7) is 4.38. The van der Waals surface area contributed by atoms with Crippen molar-refractivity contribution in [2.45, 2.75) is 38.0 Å². The van der Waals surface area contributed by atoms with E-state index in [0.29, 0.717) is 12.1 Å². The Hall–Kier alpha value is -1.40. The highest BCUT2D eigenvalue weighted by Crippen LogP contribution is 2.32. The number of nitrogens with zero attached hydrogens (tertiary/aromatic N) is 1. The molecule has 0 saturated carbocycles. The average molecular weight is 297 g/mol. The van der Waals surface area contributed by atoms with Crippen LogP contribution in [0.25, 0.3) is 0 Å². The van der Waals surface area contributed by atoms with Crippen LogP contribution in [0.3, 0.4) is 0 Å². The molecule has 1 aromatic rings. The van der Waals surface area contributed by atoms with Gasteiger partial charge in [0, 0.05) is 12.1 Å². The molecule has 1 saturated heterocycles. The van der Waals surface area contributed by atoms with Gasteiger partial charge in [-0.3, -0.25) is 0 Å². The molecule has 0 aliphatic carbocycles. The molecule has 1 aliphatic heterocycles. The van der Waals surface area contributed by atoms with Crippen LogP contribution in [0, 0.1) is 0 Å². The Morgan fingerprint density at radius 1 is 1.40 bits per heavy atom. The van der Waals surface area contributed by atoms with Gasteiger partial charge in [-0.25, -0.2) is 13.2 Å². The van der Waals surface area contributed by atoms with Crippen molar-refractivity contribution < 1.29 is 18.3 Å². The fourth-order valence-corrected chi connectivity index (χ4v) is 4.69. The van der Waals surface area contributed by atoms with Gasteiger partial charge >= 0.3 is 5.97 Å². The Labute approximate surface area is 119 Å². The smallest absolute Gasteiger partial charge is 0.335 e. The van der Waals surface area contributed by atoms with Gasteiger partial charge in [-0.05, 0) is 44.4 Å². The first-order chi connectivity index (χ1) is 9.22. The monoisotopic (exact) mass is 297 g/mol. The van der Waals surface area contributed by atoms with Crippen LogP contribution in [-0.2, 0) is 15.8 Å². The van der Waals surface area contributed by atoms with Crippen LogP contribution >= 0.6 is 0 Å². The van der Waals surface area contributed by atoms with E-state index in [4.69, 9.17) is 5.11 Å². The summed E-state index contributed by atoms with van der Waals surface area (Å²) in [7, 11) is -3.42. The third-order valence-corrected chi connectivity index (χ3v) is 5.73. The van der Waals surface area contributed by atoms with Crippen molar-refractivity contribution in [1.82, 2.24) is 4.31 Å². The Balaban J connectivity index is 2.25. The van der Waals surface area contributed by atoms with E-state index >= 15 is 0 Å². The number of aromatic carboxylic acids is 1. The third kappa shape index (κ3) is 3.02. The maximum absolute atomic E-state index is 12.5. The minimum absolute atomic E-state index is 0.110. The lowest BCUT2D eigenvalue weighted by molar-refractivity contribution is 0.0696. The van der Waals surface area contributed by atoms with Crippen molar-refractivity contribution in [3.05, 3.63) is 35.4 Å². The largest absolute Gasteiger partial charge is 0.478 e. The van der Waals surface area contributed by atoms with Gasteiger partial charge in [0.05, 0.1) is 11.3 Å². The summed E-state index contributed by atoms with van der Waals surface area (Å²) in [5.74, 6) is -1.21. The lowest BCUT2D eigenvalue weighted by atomic mass is 10.0. The molecule has 6 heteroatoms. The van der Waals surface area contributed by atoms with Crippen LogP contribution in [0.4, 0.5) is 0 Å². The normalized spacial score (nSPS) is 19.1. The van der Waals surface area contributed by atoms with Crippen molar-refractivity contribution in [1.29, 1.82) is 0 Å². The molecule has 1 heterocycles. The molecule has 2 rings (SSSR count). The maximum Gasteiger partial charge on any atom is 0.335 e. The lowest BCUT2D eigenvalue weighted by Gasteiger charge is -2.30. The van der Waals surface area contributed by atoms with Gasteiger partial charge in [-0.2, -0.15) is 4.31 Å². The summed E-state index contributed by atoms with van der Waals surface area (Å²) < 4.78 is 26.5. The Morgan fingerprint density at radius 2 is 2.10 bits per heavy atom. The van der Waals surface area contributed by atoms with Crippen molar-refractivity contribution in [2.24, 2.45) is 0 Å². The Kier molecular flexibility index (Phi) is 3.88. The van der Waals surface area contributed by atoms with Crippen LogP contribution in [0.15, 0.2) is 24.3 Å². The molecule has 0 spiro atoms. The molecule has 0 unspecified atom stereocenters. The van der Waals surface area contributed by atoms with Crippen LogP contribution in [-0.4, -0.2) is 35.9 Å². The molecule has 1 N–H and O–H groups in total. The fraction of sp³-hybridized carbons (Fsp3) is 0.500. The van der Waals surface area contributed by atoms with Gasteiger partial charge in [0.2, 0.25) is 10.0 Å². The number of carboxylic acids is 1. The molecular formula is C14H19NO4S. The first-order valence-corrected chi connectivity index (χ1v) is 8.16. The summed E-state index contributed by atoms with van der Waals surface area (Å²) >= 11 is 0. The van der Waals surface area contributed by atoms with Crippen LogP contribution < -0.4 is 0 Å². The van der Waals surface area contributed by atoms with Gasteiger partial charge in [-0.1, -0.05) is 12.1 Å². The first kappa shape index (κ1) is 15.0. The second-order valence-electron chi connectivity index (χ2n) is 5.75. The SMILES string of the molecule is CC1(C)CCCN1S(=O)(=O)Cc1cccc(C(=O)O)c1. The lowest BCUT2D eigenvalue weighted by Crippen LogP contribution is -2.43. The molecule has 20 heavy (non-hydrogen) atoms. The van der Waals surface area contributed by atoms with E-state index in [0.717, 1.165) is 12.8 Å². The molecule has 0 radical (unpaired) electrons. The maximum atomic E-state index is 12.5. The highest BCUT2D eigenvalue weighted by atomic mass is 32.2. The highest BCUT2D eigenvalue weighted by molar-refractivity contribution is 7.88. The minimum Gasteiger partial charge on any atom is -0.478 e. The molecule has 1 aliphatic rings. The van der Waals surface area contributed by atoms with Gasteiger partial charge in [0.15, 0.2) is 0 Å². The summed E-state index contributed by atoms with van der Waals surface area (Å²) in [6, 6.07) is 6.09. The van der Waals surface area contributed by atoms with Crippen molar-refractivity contribution in [3.63, 3.8) is 0 Å². The van der Waals surface area contributed by atoms with E-state index in [-0.39, 0.29) is 16.9 Å². The minimum atomic E-state index is -3.42. The van der Waals surface area contributed by atoms with Gasteiger partial charge in [0.25, 0.3) is 0 Å². The average Bonchev–Trinajstić information content (AvgIpc) is 2.69. The second kappa shape index (κ2) is 5.18. The standard InChI is InChI=1S/C14H19NO4S/c1-14(2)7-4-8-15(14)20(18,19)10-11-5-3-6-12(9-11)13(16)17/h3,5-6,9H,4,7-8,10H2,1-2H3,(H,16,17). The molecule has 0 bridgehead atoms. The van der Waals surface area contributed by atoms with Crippen LogP contribution in [0.2, 0.25) is 0 Å². The zero-order valence-corrected chi connectivity index (χ0v) is 12.5. The van der Waals surface area contributed by atoms with E-state index in [1.54, 1.807) is 12.1 Å². The van der Waals surface area contributed by atoms with E-state index in [9.17, 15) is 13.2 Å². The molecule has 1 aromatic carbocycles. The predicted molar refractivity (Wildman–Crippen MR) is 76.0 cm³/mol. The fourth-order valence-electron chi connectivity index (χ4n) is 2.68.